The van der Waals surface area contributed by atoms with Gasteiger partial charge in [0.1, 0.15) is 6.61 Å². The van der Waals surface area contributed by atoms with Crippen LogP contribution in [0.25, 0.3) is 0 Å². The standard InChI is InChI=1S/C35H41N3O7Si/c1-24-32(46(2,3)43)30(21-31(40)36(16-18-39)22-25-10-6-4-7-11-25)45-35(24)28-20-27(37-17-19-44-34(37)42)14-15-29(28)38(33(35)41)23-26-12-8-5-9-13-26/h4-15,20,24,30,32,39,43H,16-19,21-23H2,1-3H3/t24-,30+,32-,35+/m0/s1. The van der Waals surface area contributed by atoms with E-state index in [1.54, 1.807) is 9.80 Å². The van der Waals surface area contributed by atoms with Gasteiger partial charge in [-0.05, 0) is 42.4 Å². The van der Waals surface area contributed by atoms with E-state index >= 15 is 0 Å². The molecule has 3 aliphatic heterocycles. The van der Waals surface area contributed by atoms with Gasteiger partial charge in [0, 0.05) is 35.8 Å². The van der Waals surface area contributed by atoms with Crippen molar-refractivity contribution in [3.63, 3.8) is 0 Å². The van der Waals surface area contributed by atoms with Crippen LogP contribution in [0, 0.1) is 5.92 Å². The number of carbonyl (C=O) groups is 3. The van der Waals surface area contributed by atoms with Gasteiger partial charge >= 0.3 is 6.09 Å². The third kappa shape index (κ3) is 5.72. The van der Waals surface area contributed by atoms with Gasteiger partial charge in [0.05, 0.1) is 37.9 Å². The van der Waals surface area contributed by atoms with Crippen LogP contribution in [0.3, 0.4) is 0 Å². The quantitative estimate of drug-likeness (QED) is 0.315. The first-order chi connectivity index (χ1) is 22.0. The fraction of sp³-hybridized carbons (Fsp3) is 0.400. The molecule has 0 radical (unpaired) electrons. The van der Waals surface area contributed by atoms with Crippen LogP contribution in [0.15, 0.2) is 78.9 Å². The number of benzene rings is 3. The summed E-state index contributed by atoms with van der Waals surface area (Å²) in [7, 11) is -3.04. The maximum Gasteiger partial charge on any atom is 0.414 e. The number of fused-ring (bicyclic) bond motifs is 2. The lowest BCUT2D eigenvalue weighted by molar-refractivity contribution is -0.150. The van der Waals surface area contributed by atoms with Crippen LogP contribution in [-0.2, 0) is 37.8 Å². The van der Waals surface area contributed by atoms with Gasteiger partial charge in [-0.3, -0.25) is 14.5 Å². The van der Waals surface area contributed by atoms with Crippen LogP contribution >= 0.6 is 0 Å². The Morgan fingerprint density at radius 2 is 1.70 bits per heavy atom. The van der Waals surface area contributed by atoms with Crippen molar-refractivity contribution in [2.24, 2.45) is 5.92 Å². The van der Waals surface area contributed by atoms with Crippen LogP contribution in [0.4, 0.5) is 16.2 Å². The molecule has 3 amide bonds. The Bertz CT molecular complexity index is 1600. The smallest absolute Gasteiger partial charge is 0.414 e. The van der Waals surface area contributed by atoms with Gasteiger partial charge in [-0.1, -0.05) is 67.6 Å². The Morgan fingerprint density at radius 3 is 2.30 bits per heavy atom. The molecule has 0 aromatic heterocycles. The van der Waals surface area contributed by atoms with Crippen molar-refractivity contribution in [2.45, 2.75) is 56.8 Å². The van der Waals surface area contributed by atoms with Crippen molar-refractivity contribution in [1.82, 2.24) is 4.90 Å². The highest BCUT2D eigenvalue weighted by Gasteiger charge is 2.66. The first-order valence-electron chi connectivity index (χ1n) is 15.8. The molecule has 1 spiro atoms. The zero-order valence-corrected chi connectivity index (χ0v) is 27.5. The van der Waals surface area contributed by atoms with Crippen LogP contribution in [0.2, 0.25) is 18.6 Å². The molecule has 0 bridgehead atoms. The van der Waals surface area contributed by atoms with Crippen LogP contribution in [0.1, 0.15) is 30.0 Å². The van der Waals surface area contributed by atoms with Gasteiger partial charge in [0.15, 0.2) is 13.9 Å². The minimum atomic E-state index is -3.04. The lowest BCUT2D eigenvalue weighted by Crippen LogP contribution is -2.46. The number of amides is 3. The molecule has 2 N–H and O–H groups in total. The summed E-state index contributed by atoms with van der Waals surface area (Å²) in [5, 5.41) is 9.80. The lowest BCUT2D eigenvalue weighted by atomic mass is 9.82. The molecule has 10 nitrogen and oxygen atoms in total. The third-order valence-electron chi connectivity index (χ3n) is 9.54. The highest BCUT2D eigenvalue weighted by molar-refractivity contribution is 6.71. The first-order valence-corrected chi connectivity index (χ1v) is 18.8. The van der Waals surface area contributed by atoms with Gasteiger partial charge in [0.25, 0.3) is 5.91 Å². The zero-order valence-electron chi connectivity index (χ0n) is 26.5. The van der Waals surface area contributed by atoms with E-state index in [9.17, 15) is 24.3 Å². The van der Waals surface area contributed by atoms with E-state index < -0.39 is 37.6 Å². The number of aliphatic hydroxyl groups excluding tert-OH is 1. The van der Waals surface area contributed by atoms with E-state index in [1.807, 2.05) is 98.9 Å². The number of rotatable bonds is 10. The summed E-state index contributed by atoms with van der Waals surface area (Å²) in [6.45, 7) is 6.82. The van der Waals surface area contributed by atoms with Crippen molar-refractivity contribution >= 4 is 37.6 Å². The number of hydrogen-bond acceptors (Lipinski definition) is 7. The zero-order chi connectivity index (χ0) is 32.6. The summed E-state index contributed by atoms with van der Waals surface area (Å²) < 4.78 is 12.1. The molecule has 0 aliphatic carbocycles. The molecule has 46 heavy (non-hydrogen) atoms. The second kappa shape index (κ2) is 12.6. The predicted molar refractivity (Wildman–Crippen MR) is 175 cm³/mol. The second-order valence-electron chi connectivity index (χ2n) is 12.9. The molecule has 6 rings (SSSR count). The van der Waals surface area contributed by atoms with E-state index in [1.165, 1.54) is 4.90 Å². The highest BCUT2D eigenvalue weighted by atomic mass is 28.4. The van der Waals surface area contributed by atoms with Crippen LogP contribution in [0.5, 0.6) is 0 Å². The van der Waals surface area contributed by atoms with E-state index in [-0.39, 0.29) is 38.0 Å². The molecule has 11 heteroatoms. The minimum absolute atomic E-state index is 0.0555. The molecule has 0 saturated carbocycles. The predicted octanol–water partition coefficient (Wildman–Crippen LogP) is 4.40. The van der Waals surface area contributed by atoms with Crippen molar-refractivity contribution in [1.29, 1.82) is 0 Å². The van der Waals surface area contributed by atoms with Gasteiger partial charge < -0.3 is 29.2 Å². The second-order valence-corrected chi connectivity index (χ2v) is 16.9. The highest BCUT2D eigenvalue weighted by Crippen LogP contribution is 2.60. The molecule has 3 aromatic rings. The SMILES string of the molecule is C[C@H]1[C@H]([Si](C)(C)O)[C@@H](CC(=O)N(CCO)Cc2ccccc2)O[C@]12C(=O)N(Cc1ccccc1)c1ccc(N3CCOC3=O)cc12. The number of cyclic esters (lactones) is 1. The fourth-order valence-corrected chi connectivity index (χ4v) is 10.1. The van der Waals surface area contributed by atoms with Gasteiger partial charge in [-0.25, -0.2) is 4.79 Å². The Kier molecular flexibility index (Phi) is 8.77. The van der Waals surface area contributed by atoms with Crippen molar-refractivity contribution in [2.75, 3.05) is 36.1 Å². The largest absolute Gasteiger partial charge is 0.447 e. The minimum Gasteiger partial charge on any atom is -0.447 e. The Balaban J connectivity index is 1.40. The van der Waals surface area contributed by atoms with Crippen molar-refractivity contribution in [3.8, 4) is 0 Å². The molecule has 3 aliphatic rings. The number of nitrogens with zero attached hydrogens (tertiary/aromatic N) is 3. The summed E-state index contributed by atoms with van der Waals surface area (Å²) in [6, 6.07) is 24.8. The van der Waals surface area contributed by atoms with E-state index in [0.29, 0.717) is 36.6 Å². The van der Waals surface area contributed by atoms with Gasteiger partial charge in [-0.15, -0.1) is 0 Å². The van der Waals surface area contributed by atoms with E-state index in [4.69, 9.17) is 9.47 Å². The molecule has 2 saturated heterocycles. The Morgan fingerprint density at radius 1 is 1.02 bits per heavy atom. The van der Waals surface area contributed by atoms with Gasteiger partial charge in [-0.2, -0.15) is 0 Å². The molecule has 0 unspecified atom stereocenters. The summed E-state index contributed by atoms with van der Waals surface area (Å²) in [6.07, 6.45) is -1.26. The molecule has 3 aromatic carbocycles. The van der Waals surface area contributed by atoms with Crippen molar-refractivity contribution < 1.29 is 33.8 Å². The van der Waals surface area contributed by atoms with Crippen molar-refractivity contribution in [3.05, 3.63) is 95.6 Å². The number of ether oxygens (including phenoxy) is 2. The van der Waals surface area contributed by atoms with Crippen LogP contribution in [-0.4, -0.2) is 73.4 Å². The Hall–Kier alpha value is -4.03. The molecular weight excluding hydrogens is 602 g/mol. The number of aliphatic hydroxyl groups is 1. The molecule has 2 fully saturated rings. The summed E-state index contributed by atoms with van der Waals surface area (Å²) >= 11 is 0. The fourth-order valence-electron chi connectivity index (χ4n) is 7.50. The lowest BCUT2D eigenvalue weighted by Gasteiger charge is -2.33. The summed E-state index contributed by atoms with van der Waals surface area (Å²) in [4.78, 5) is 57.7. The monoisotopic (exact) mass is 643 g/mol. The summed E-state index contributed by atoms with van der Waals surface area (Å²) in [5.74, 6) is -0.962. The maximum atomic E-state index is 14.8. The van der Waals surface area contributed by atoms with Crippen LogP contribution < -0.4 is 9.80 Å². The number of hydrogen-bond donors (Lipinski definition) is 2. The van der Waals surface area contributed by atoms with E-state index in [0.717, 1.165) is 11.1 Å². The average molecular weight is 644 g/mol. The Labute approximate surface area is 270 Å². The van der Waals surface area contributed by atoms with E-state index in [2.05, 4.69) is 0 Å². The number of carbonyl (C=O) groups excluding carboxylic acids is 3. The first kappa shape index (κ1) is 31.9. The molecule has 4 atom stereocenters. The maximum absolute atomic E-state index is 14.8. The average Bonchev–Trinajstić information content (AvgIpc) is 3.66. The summed E-state index contributed by atoms with van der Waals surface area (Å²) in [5.41, 5.74) is 1.82. The molecule has 3 heterocycles. The number of anilines is 2. The topological polar surface area (TPSA) is 120 Å². The molecular formula is C35H41N3O7Si. The van der Waals surface area contributed by atoms with Gasteiger partial charge in [0.2, 0.25) is 5.91 Å². The third-order valence-corrected chi connectivity index (χ3v) is 12.0. The molecule has 242 valence electrons. The normalized spacial score (nSPS) is 24.1.